The van der Waals surface area contributed by atoms with E-state index in [4.69, 9.17) is 57.0 Å². The molecule has 22 nitrogen and oxygen atoms in total. The Bertz CT molecular complexity index is 4600. The standard InChI is InChI=1S/C27H30N2O6.C27H34N2O2.C20H26O2.C12H10O2.C7H5ClN2O4/c1-2-3-4-5-6-7-16-34-26-12-8-22(9-13-26)23-10-14-27(15-11-23)35-20-21-17-24(28(30)31)19-25(18-21)29(32)33;1-2-3-4-5-6-7-16-30-26-12-8-22(9-13-26)23-10-14-27(15-11-23)31-20-21-17-24(28)19-25(29)18-21;1-2-3-4-5-6-7-16-22-20-14-10-18(11-15-20)17-8-12-19(21)13-9-17;13-11-5-1-9(2-6-11)10-3-7-12(14)8-4-10;8-4-5-1-6(9(11)12)3-7(2-5)10(13)14/h8-15,17-19H,2-7,16,20H2,1H3;8-15,17-19H,2-7,16,20,28-29H2,1H3;8-15,21H,2-7,16H2,1H3;1-8,13-14H;1-3H,4H2. The Labute approximate surface area is 683 Å². The fraction of sp³-hybridized carbons (Fsp3) is 0.290. The third-order valence-corrected chi connectivity index (χ3v) is 18.6. The van der Waals surface area contributed by atoms with Gasteiger partial charge in [-0.25, -0.2) is 0 Å². The van der Waals surface area contributed by atoms with Gasteiger partial charge in [0.1, 0.15) is 59.2 Å². The number of phenols is 3. The van der Waals surface area contributed by atoms with E-state index >= 15 is 0 Å². The predicted molar refractivity (Wildman–Crippen MR) is 462 cm³/mol. The molecule has 0 amide bonds. The summed E-state index contributed by atoms with van der Waals surface area (Å²) in [6.45, 7) is 9.42. The Hall–Kier alpha value is -12.7. The van der Waals surface area contributed by atoms with E-state index in [0.717, 1.165) is 124 Å². The third kappa shape index (κ3) is 33.6. The first-order valence-corrected chi connectivity index (χ1v) is 39.8. The molecule has 116 heavy (non-hydrogen) atoms. The maximum Gasteiger partial charge on any atom is 0.276 e. The van der Waals surface area contributed by atoms with Crippen LogP contribution in [-0.2, 0) is 19.1 Å². The first-order valence-electron chi connectivity index (χ1n) is 39.3. The number of nitrogen functional groups attached to an aromatic ring is 2. The Morgan fingerprint density at radius 3 is 0.716 bits per heavy atom. The molecular weight excluding hydrogens is 1490 g/mol. The van der Waals surface area contributed by atoms with Crippen molar-refractivity contribution in [3.05, 3.63) is 306 Å². The van der Waals surface area contributed by atoms with Crippen molar-refractivity contribution in [2.45, 2.75) is 155 Å². The summed E-state index contributed by atoms with van der Waals surface area (Å²) in [5, 5.41) is 70.4. The minimum absolute atomic E-state index is 0.00250. The van der Waals surface area contributed by atoms with Crippen LogP contribution in [0.4, 0.5) is 34.1 Å². The smallest absolute Gasteiger partial charge is 0.276 e. The van der Waals surface area contributed by atoms with Gasteiger partial charge in [0.05, 0.1) is 51.6 Å². The first kappa shape index (κ1) is 90.5. The van der Waals surface area contributed by atoms with E-state index in [1.54, 1.807) is 54.6 Å². The lowest BCUT2D eigenvalue weighted by molar-refractivity contribution is -0.394. The molecule has 0 unspecified atom stereocenters. The molecule has 0 bridgehead atoms. The minimum Gasteiger partial charge on any atom is -0.508 e. The summed E-state index contributed by atoms with van der Waals surface area (Å²) in [6.07, 6.45) is 22.7. The summed E-state index contributed by atoms with van der Waals surface area (Å²) >= 11 is 5.44. The number of benzene rings is 11. The van der Waals surface area contributed by atoms with Crippen LogP contribution in [0.2, 0.25) is 0 Å². The number of nitrogens with two attached hydrogens (primary N) is 2. The lowest BCUT2D eigenvalue weighted by atomic mass is 10.1. The number of halogens is 1. The zero-order valence-corrected chi connectivity index (χ0v) is 66.9. The third-order valence-electron chi connectivity index (χ3n) is 18.3. The number of anilines is 2. The molecule has 0 saturated heterocycles. The van der Waals surface area contributed by atoms with Crippen LogP contribution in [0.3, 0.4) is 0 Å². The summed E-state index contributed by atoms with van der Waals surface area (Å²) < 4.78 is 29.1. The van der Waals surface area contributed by atoms with Crippen molar-refractivity contribution in [3.8, 4) is 90.5 Å². The molecule has 7 N–H and O–H groups in total. The zero-order chi connectivity index (χ0) is 83.2. The van der Waals surface area contributed by atoms with Crippen LogP contribution in [0.15, 0.2) is 249 Å². The summed E-state index contributed by atoms with van der Waals surface area (Å²) in [5.74, 6) is 4.89. The van der Waals surface area contributed by atoms with Crippen molar-refractivity contribution in [1.29, 1.82) is 0 Å². The molecule has 610 valence electrons. The van der Waals surface area contributed by atoms with Crippen molar-refractivity contribution in [2.24, 2.45) is 0 Å². The van der Waals surface area contributed by atoms with Crippen LogP contribution >= 0.6 is 11.6 Å². The number of rotatable bonds is 39. The van der Waals surface area contributed by atoms with E-state index in [0.29, 0.717) is 40.6 Å². The number of aromatic hydroxyl groups is 3. The van der Waals surface area contributed by atoms with Gasteiger partial charge in [0.25, 0.3) is 22.7 Å². The summed E-state index contributed by atoms with van der Waals surface area (Å²) in [5.41, 5.74) is 21.9. The summed E-state index contributed by atoms with van der Waals surface area (Å²) in [7, 11) is 0. The fourth-order valence-corrected chi connectivity index (χ4v) is 12.1. The Morgan fingerprint density at radius 1 is 0.276 bits per heavy atom. The van der Waals surface area contributed by atoms with Gasteiger partial charge in [0, 0.05) is 47.1 Å². The number of non-ortho nitro benzene ring substituents is 4. The molecule has 11 rings (SSSR count). The van der Waals surface area contributed by atoms with Crippen molar-refractivity contribution in [1.82, 2.24) is 0 Å². The Balaban J connectivity index is 0.000000210. The molecule has 0 radical (unpaired) electrons. The van der Waals surface area contributed by atoms with E-state index < -0.39 is 19.7 Å². The molecule has 0 aliphatic heterocycles. The first-order chi connectivity index (χ1) is 56.2. The molecule has 11 aromatic carbocycles. The van der Waals surface area contributed by atoms with Gasteiger partial charge in [0.2, 0.25) is 0 Å². The number of alkyl halides is 1. The van der Waals surface area contributed by atoms with Crippen LogP contribution in [-0.4, -0.2) is 54.8 Å². The van der Waals surface area contributed by atoms with Crippen molar-refractivity contribution < 1.29 is 58.7 Å². The number of nitro benzene ring substituents is 4. The molecule has 0 fully saturated rings. The largest absolute Gasteiger partial charge is 0.508 e. The number of nitrogens with zero attached hydrogens (tertiary/aromatic N) is 4. The number of hydrogen-bond acceptors (Lipinski definition) is 18. The van der Waals surface area contributed by atoms with Gasteiger partial charge in [-0.1, -0.05) is 214 Å². The SMILES string of the molecule is CCCCCCCCOc1ccc(-c2ccc(O)cc2)cc1.CCCCCCCCOc1ccc(-c2ccc(OCc3cc(N)cc(N)c3)cc2)cc1.CCCCCCCCOc1ccc(-c2ccc(OCc3cc([N+](=O)[O-])cc([N+](=O)[O-])c3)cc2)cc1.O=[N+]([O-])c1cc(CCl)cc([N+](=O)[O-])c1.Oc1ccc(-c2ccc(O)cc2)cc1. The second kappa shape index (κ2) is 50.4. The number of nitro groups is 4. The lowest BCUT2D eigenvalue weighted by Gasteiger charge is -2.10. The molecule has 0 aliphatic carbocycles. The van der Waals surface area contributed by atoms with E-state index in [2.05, 4.69) is 57.2 Å². The highest BCUT2D eigenvalue weighted by atomic mass is 35.5. The summed E-state index contributed by atoms with van der Waals surface area (Å²) in [4.78, 5) is 40.2. The van der Waals surface area contributed by atoms with E-state index in [9.17, 15) is 45.6 Å². The van der Waals surface area contributed by atoms with Crippen LogP contribution in [0.25, 0.3) is 44.5 Å². The van der Waals surface area contributed by atoms with Gasteiger partial charge in [-0.2, -0.15) is 0 Å². The van der Waals surface area contributed by atoms with Crippen LogP contribution in [0.1, 0.15) is 153 Å². The van der Waals surface area contributed by atoms with Gasteiger partial charge in [-0.05, 0) is 190 Å². The van der Waals surface area contributed by atoms with Gasteiger partial charge >= 0.3 is 0 Å². The van der Waals surface area contributed by atoms with E-state index in [1.807, 2.05) is 121 Å². The normalized spacial score (nSPS) is 10.5. The van der Waals surface area contributed by atoms with Crippen LogP contribution < -0.4 is 35.2 Å². The molecule has 11 aromatic rings. The van der Waals surface area contributed by atoms with Crippen LogP contribution in [0, 0.1) is 40.5 Å². The number of phenolic OH excluding ortho intramolecular Hbond substituents is 3. The zero-order valence-electron chi connectivity index (χ0n) is 66.1. The monoisotopic (exact) mass is 1600 g/mol. The lowest BCUT2D eigenvalue weighted by Crippen LogP contribution is -1.99. The molecule has 0 aliphatic rings. The Kier molecular flexibility index (Phi) is 39.3. The molecule has 23 heteroatoms. The molecule has 0 heterocycles. The average molecular weight is 1600 g/mol. The Morgan fingerprint density at radius 2 is 0.483 bits per heavy atom. The van der Waals surface area contributed by atoms with Crippen molar-refractivity contribution in [3.63, 3.8) is 0 Å². The maximum absolute atomic E-state index is 11.0. The average Bonchev–Trinajstić information content (AvgIpc) is 0.843. The minimum atomic E-state index is -0.691. The second-order valence-electron chi connectivity index (χ2n) is 27.6. The predicted octanol–water partition coefficient (Wildman–Crippen LogP) is 25.1. The number of unbranched alkanes of at least 4 members (excludes halogenated alkanes) is 15. The fourth-order valence-electron chi connectivity index (χ4n) is 12.0. The molecule has 0 atom stereocenters. The highest BCUT2D eigenvalue weighted by Gasteiger charge is 2.18. The molecule has 0 spiro atoms. The second-order valence-corrected chi connectivity index (χ2v) is 27.8. The van der Waals surface area contributed by atoms with E-state index in [1.165, 1.54) is 121 Å². The molecule has 0 saturated carbocycles. The molecular formula is C93H105ClN6O16. The van der Waals surface area contributed by atoms with Gasteiger partial charge in [0.15, 0.2) is 0 Å². The quantitative estimate of drug-likeness (QED) is 0.00785. The summed E-state index contributed by atoms with van der Waals surface area (Å²) in [6, 6.07) is 73.3. The van der Waals surface area contributed by atoms with Crippen molar-refractivity contribution >= 4 is 45.7 Å². The van der Waals surface area contributed by atoms with Crippen molar-refractivity contribution in [2.75, 3.05) is 31.3 Å². The van der Waals surface area contributed by atoms with Gasteiger partial charge < -0.3 is 50.5 Å². The number of ether oxygens (including phenoxy) is 5. The highest BCUT2D eigenvalue weighted by Crippen LogP contribution is 2.32. The molecule has 0 aromatic heterocycles. The van der Waals surface area contributed by atoms with Gasteiger partial charge in [-0.15, -0.1) is 11.6 Å². The highest BCUT2D eigenvalue weighted by molar-refractivity contribution is 6.17. The van der Waals surface area contributed by atoms with Gasteiger partial charge in [-0.3, -0.25) is 40.5 Å². The maximum atomic E-state index is 11.0. The topological polar surface area (TPSA) is 331 Å². The van der Waals surface area contributed by atoms with E-state index in [-0.39, 0.29) is 46.7 Å². The number of hydrogen-bond donors (Lipinski definition) is 5. The van der Waals surface area contributed by atoms with Crippen LogP contribution in [0.5, 0.6) is 46.0 Å².